The second-order valence-electron chi connectivity index (χ2n) is 1.63. The monoisotopic (exact) mass is 101 g/mol. The topological polar surface area (TPSA) is 35.8 Å². The average molecular weight is 101 g/mol. The van der Waals surface area contributed by atoms with Crippen LogP contribution in [0, 0.1) is 0 Å². The van der Waals surface area contributed by atoms with Crippen LogP contribution in [0.15, 0.2) is 0 Å². The summed E-state index contributed by atoms with van der Waals surface area (Å²) in [5.74, 6) is 6.53. The SMILES string of the molecule is CCCCCN[NH]. The molecule has 0 saturated heterocycles. The first-order chi connectivity index (χ1) is 3.41. The van der Waals surface area contributed by atoms with Crippen molar-refractivity contribution in [2.24, 2.45) is 0 Å². The van der Waals surface area contributed by atoms with Gasteiger partial charge in [-0.15, -0.1) is 0 Å². The smallest absolute Gasteiger partial charge is 0.0113 e. The molecule has 0 heterocycles. The Balaban J connectivity index is 2.45. The largest absolute Gasteiger partial charge is 0.243 e. The lowest BCUT2D eigenvalue weighted by atomic mass is 10.3. The molecule has 0 unspecified atom stereocenters. The first-order valence-corrected chi connectivity index (χ1v) is 2.81. The zero-order valence-corrected chi connectivity index (χ0v) is 4.83. The summed E-state index contributed by atoms with van der Waals surface area (Å²) in [5.41, 5.74) is 2.35. The molecule has 2 heteroatoms. The first-order valence-electron chi connectivity index (χ1n) is 2.81. The number of hydrogen-bond acceptors (Lipinski definition) is 1. The molecular formula is C5H13N2. The van der Waals surface area contributed by atoms with Crippen LogP contribution in [0.1, 0.15) is 26.2 Å². The molecule has 0 aliphatic carbocycles. The van der Waals surface area contributed by atoms with E-state index in [1.807, 2.05) is 0 Å². The minimum Gasteiger partial charge on any atom is -0.243 e. The third kappa shape index (κ3) is 5.92. The maximum atomic E-state index is 6.53. The van der Waals surface area contributed by atoms with Gasteiger partial charge in [0.2, 0.25) is 0 Å². The van der Waals surface area contributed by atoms with Crippen LogP contribution in [0.3, 0.4) is 0 Å². The molecule has 0 spiro atoms. The maximum Gasteiger partial charge on any atom is 0.0113 e. The minimum atomic E-state index is 0.841. The van der Waals surface area contributed by atoms with Crippen molar-refractivity contribution in [1.82, 2.24) is 11.3 Å². The molecular weight excluding hydrogens is 88.1 g/mol. The lowest BCUT2D eigenvalue weighted by Gasteiger charge is -1.92. The zero-order chi connectivity index (χ0) is 5.54. The molecule has 0 aromatic heterocycles. The van der Waals surface area contributed by atoms with E-state index >= 15 is 0 Å². The van der Waals surface area contributed by atoms with Crippen LogP contribution in [0.4, 0.5) is 0 Å². The summed E-state index contributed by atoms with van der Waals surface area (Å²) in [4.78, 5) is 0. The second kappa shape index (κ2) is 5.92. The van der Waals surface area contributed by atoms with E-state index < -0.39 is 0 Å². The highest BCUT2D eigenvalue weighted by Gasteiger charge is 1.79. The van der Waals surface area contributed by atoms with Gasteiger partial charge in [0.05, 0.1) is 0 Å². The highest BCUT2D eigenvalue weighted by atomic mass is 15.2. The van der Waals surface area contributed by atoms with Crippen LogP contribution in [0.25, 0.3) is 0 Å². The number of rotatable bonds is 4. The molecule has 0 amide bonds. The summed E-state index contributed by atoms with van der Waals surface area (Å²) in [6.07, 6.45) is 3.62. The van der Waals surface area contributed by atoms with Crippen LogP contribution >= 0.6 is 0 Å². The van der Waals surface area contributed by atoms with Crippen molar-refractivity contribution in [2.45, 2.75) is 26.2 Å². The van der Waals surface area contributed by atoms with Crippen LogP contribution < -0.4 is 11.3 Å². The van der Waals surface area contributed by atoms with Crippen LogP contribution in [-0.2, 0) is 0 Å². The maximum absolute atomic E-state index is 6.53. The molecule has 1 radical (unpaired) electrons. The summed E-state index contributed by atoms with van der Waals surface area (Å²) >= 11 is 0. The Morgan fingerprint density at radius 1 is 1.43 bits per heavy atom. The van der Waals surface area contributed by atoms with Gasteiger partial charge in [-0.25, -0.2) is 5.43 Å². The van der Waals surface area contributed by atoms with Crippen LogP contribution in [0.2, 0.25) is 0 Å². The molecule has 43 valence electrons. The van der Waals surface area contributed by atoms with Gasteiger partial charge in [-0.2, -0.15) is 5.84 Å². The standard InChI is InChI=1S/C5H13N2/c1-2-3-4-5-7-6/h6-7H,2-5H2,1H3. The zero-order valence-electron chi connectivity index (χ0n) is 4.83. The van der Waals surface area contributed by atoms with Crippen molar-refractivity contribution in [3.05, 3.63) is 0 Å². The van der Waals surface area contributed by atoms with E-state index in [2.05, 4.69) is 12.3 Å². The fourth-order valence-corrected chi connectivity index (χ4v) is 0.463. The molecule has 0 atom stereocenters. The van der Waals surface area contributed by atoms with Gasteiger partial charge in [-0.1, -0.05) is 19.8 Å². The van der Waals surface area contributed by atoms with E-state index in [-0.39, 0.29) is 0 Å². The Labute approximate surface area is 45.1 Å². The predicted octanol–water partition coefficient (Wildman–Crippen LogP) is 0.964. The van der Waals surface area contributed by atoms with E-state index in [9.17, 15) is 0 Å². The molecule has 0 saturated carbocycles. The quantitative estimate of drug-likeness (QED) is 0.415. The Morgan fingerprint density at radius 2 is 2.14 bits per heavy atom. The second-order valence-corrected chi connectivity index (χ2v) is 1.63. The van der Waals surface area contributed by atoms with Crippen molar-refractivity contribution >= 4 is 0 Å². The highest BCUT2D eigenvalue weighted by Crippen LogP contribution is 1.89. The number of unbranched alkanes of at least 4 members (excludes halogenated alkanes) is 2. The van der Waals surface area contributed by atoms with Gasteiger partial charge < -0.3 is 0 Å². The molecule has 7 heavy (non-hydrogen) atoms. The fourth-order valence-electron chi connectivity index (χ4n) is 0.463. The molecule has 0 bridgehead atoms. The summed E-state index contributed by atoms with van der Waals surface area (Å²) in [6, 6.07) is 0. The molecule has 0 aliphatic heterocycles. The van der Waals surface area contributed by atoms with E-state index in [0.29, 0.717) is 0 Å². The Kier molecular flexibility index (Phi) is 5.85. The van der Waals surface area contributed by atoms with Crippen molar-refractivity contribution in [3.8, 4) is 0 Å². The molecule has 0 rings (SSSR count). The minimum absolute atomic E-state index is 0.841. The van der Waals surface area contributed by atoms with Gasteiger partial charge in [0, 0.05) is 6.54 Å². The Bertz CT molecular complexity index is 25.3. The molecule has 2 nitrogen and oxygen atoms in total. The molecule has 0 aliphatic rings. The van der Waals surface area contributed by atoms with Crippen LogP contribution in [0.5, 0.6) is 0 Å². The lowest BCUT2D eigenvalue weighted by molar-refractivity contribution is 0.625. The third-order valence-electron chi connectivity index (χ3n) is 0.905. The van der Waals surface area contributed by atoms with E-state index in [1.54, 1.807) is 0 Å². The summed E-state index contributed by atoms with van der Waals surface area (Å²) in [5, 5.41) is 0. The van der Waals surface area contributed by atoms with Gasteiger partial charge in [0.15, 0.2) is 0 Å². The van der Waals surface area contributed by atoms with Crippen molar-refractivity contribution in [2.75, 3.05) is 6.54 Å². The van der Waals surface area contributed by atoms with Gasteiger partial charge in [0.25, 0.3) is 0 Å². The number of nitrogens with one attached hydrogen (secondary N) is 2. The van der Waals surface area contributed by atoms with Crippen molar-refractivity contribution < 1.29 is 0 Å². The fraction of sp³-hybridized carbons (Fsp3) is 1.00. The third-order valence-corrected chi connectivity index (χ3v) is 0.905. The Morgan fingerprint density at radius 3 is 2.57 bits per heavy atom. The highest BCUT2D eigenvalue weighted by molar-refractivity contribution is 4.37. The van der Waals surface area contributed by atoms with Gasteiger partial charge in [-0.3, -0.25) is 0 Å². The summed E-state index contributed by atoms with van der Waals surface area (Å²) in [6.45, 7) is 3.00. The normalized spacial score (nSPS) is 9.43. The van der Waals surface area contributed by atoms with Crippen LogP contribution in [-0.4, -0.2) is 6.54 Å². The lowest BCUT2D eigenvalue weighted by Crippen LogP contribution is -2.10. The van der Waals surface area contributed by atoms with Crippen molar-refractivity contribution in [3.63, 3.8) is 0 Å². The molecule has 2 N–H and O–H groups in total. The van der Waals surface area contributed by atoms with E-state index in [4.69, 9.17) is 5.84 Å². The molecule has 0 fully saturated rings. The van der Waals surface area contributed by atoms with Gasteiger partial charge in [0.1, 0.15) is 0 Å². The van der Waals surface area contributed by atoms with Gasteiger partial charge in [-0.05, 0) is 6.42 Å². The first kappa shape index (κ1) is 6.92. The summed E-state index contributed by atoms with van der Waals surface area (Å²) < 4.78 is 0. The predicted molar refractivity (Wildman–Crippen MR) is 30.6 cm³/mol. The Hall–Kier alpha value is -0.0800. The van der Waals surface area contributed by atoms with E-state index in [0.717, 1.165) is 13.0 Å². The van der Waals surface area contributed by atoms with Crippen molar-refractivity contribution in [1.29, 1.82) is 0 Å². The molecule has 0 aromatic carbocycles. The molecule has 0 aromatic rings. The average Bonchev–Trinajstić information content (AvgIpc) is 1.69. The summed E-state index contributed by atoms with van der Waals surface area (Å²) in [7, 11) is 0. The number of hydrogen-bond donors (Lipinski definition) is 1. The van der Waals surface area contributed by atoms with Gasteiger partial charge >= 0.3 is 0 Å². The van der Waals surface area contributed by atoms with E-state index in [1.165, 1.54) is 12.8 Å².